The topological polar surface area (TPSA) is 46.5 Å². The van der Waals surface area contributed by atoms with Crippen molar-refractivity contribution in [2.45, 2.75) is 6.92 Å². The summed E-state index contributed by atoms with van der Waals surface area (Å²) in [4.78, 5) is 11.2. The van der Waals surface area contributed by atoms with Gasteiger partial charge in [0.15, 0.2) is 0 Å². The Morgan fingerprint density at radius 3 is 2.54 bits per heavy atom. The van der Waals surface area contributed by atoms with Crippen molar-refractivity contribution in [3.8, 4) is 5.75 Å². The Kier molecular flexibility index (Phi) is 3.09. The zero-order valence-electron chi connectivity index (χ0n) is 7.23. The third-order valence-corrected chi connectivity index (χ3v) is 1.41. The first kappa shape index (κ1) is 9.32. The fourth-order valence-corrected chi connectivity index (χ4v) is 0.795. The molecule has 1 rings (SSSR count). The molecule has 0 aliphatic rings. The maximum absolute atomic E-state index is 11.2. The van der Waals surface area contributed by atoms with Crippen molar-refractivity contribution in [2.24, 2.45) is 0 Å². The summed E-state index contributed by atoms with van der Waals surface area (Å²) in [5, 5.41) is 8.95. The smallest absolute Gasteiger partial charge is 0.342 e. The Morgan fingerprint density at radius 2 is 2.00 bits per heavy atom. The molecule has 0 bridgehead atoms. The number of carbonyl (C=O) groups is 1. The van der Waals surface area contributed by atoms with E-state index in [-0.39, 0.29) is 5.75 Å². The molecule has 0 atom stereocenters. The van der Waals surface area contributed by atoms with Gasteiger partial charge in [-0.05, 0) is 31.2 Å². The summed E-state index contributed by atoms with van der Waals surface area (Å²) in [6.45, 7) is 1.75. The van der Waals surface area contributed by atoms with Gasteiger partial charge in [-0.15, -0.1) is 0 Å². The quantitative estimate of drug-likeness (QED) is 0.557. The van der Waals surface area contributed by atoms with Gasteiger partial charge in [0.05, 0.1) is 11.8 Å². The van der Waals surface area contributed by atoms with Crippen LogP contribution in [0, 0.1) is 0 Å². The molecule has 13 heavy (non-hydrogen) atoms. The predicted molar refractivity (Wildman–Crippen MR) is 48.3 cm³/mol. The number of esters is 1. The van der Waals surface area contributed by atoms with Crippen molar-refractivity contribution >= 4 is 5.97 Å². The lowest BCUT2D eigenvalue weighted by molar-refractivity contribution is 0.0662. The highest BCUT2D eigenvalue weighted by Crippen LogP contribution is 2.10. The molecule has 1 aromatic carbocycles. The molecule has 0 saturated heterocycles. The fourth-order valence-electron chi connectivity index (χ4n) is 0.795. The minimum absolute atomic E-state index is 0.127. The van der Waals surface area contributed by atoms with Crippen molar-refractivity contribution in [2.75, 3.05) is 0 Å². The second kappa shape index (κ2) is 4.30. The van der Waals surface area contributed by atoms with E-state index in [0.29, 0.717) is 5.56 Å². The molecule has 1 N–H and O–H groups in total. The van der Waals surface area contributed by atoms with Crippen molar-refractivity contribution < 1.29 is 14.6 Å². The van der Waals surface area contributed by atoms with Crippen LogP contribution in [0.2, 0.25) is 0 Å². The molecule has 0 saturated carbocycles. The van der Waals surface area contributed by atoms with E-state index in [1.165, 1.54) is 30.5 Å². The van der Waals surface area contributed by atoms with Crippen LogP contribution in [-0.2, 0) is 4.74 Å². The minimum atomic E-state index is -0.432. The summed E-state index contributed by atoms with van der Waals surface area (Å²) >= 11 is 0. The van der Waals surface area contributed by atoms with Crippen LogP contribution in [0.3, 0.4) is 0 Å². The molecule has 0 aliphatic carbocycles. The predicted octanol–water partition coefficient (Wildman–Crippen LogP) is 2.08. The summed E-state index contributed by atoms with van der Waals surface area (Å²) in [6.07, 6.45) is 2.94. The van der Waals surface area contributed by atoms with Crippen LogP contribution >= 0.6 is 0 Å². The molecule has 0 radical (unpaired) electrons. The maximum atomic E-state index is 11.2. The zero-order valence-corrected chi connectivity index (χ0v) is 7.23. The van der Waals surface area contributed by atoms with Crippen molar-refractivity contribution in [3.63, 3.8) is 0 Å². The average Bonchev–Trinajstić information content (AvgIpc) is 2.15. The molecule has 0 heterocycles. The molecule has 0 amide bonds. The molecular formula is C10H10O3. The minimum Gasteiger partial charge on any atom is -0.508 e. The first-order valence-electron chi connectivity index (χ1n) is 3.85. The molecule has 3 heteroatoms. The van der Waals surface area contributed by atoms with Crippen LogP contribution in [0.15, 0.2) is 36.6 Å². The Balaban J connectivity index is 2.72. The van der Waals surface area contributed by atoms with Crippen LogP contribution in [0.4, 0.5) is 0 Å². The number of rotatable bonds is 2. The van der Waals surface area contributed by atoms with E-state index in [1.807, 2.05) is 0 Å². The van der Waals surface area contributed by atoms with Gasteiger partial charge < -0.3 is 9.84 Å². The van der Waals surface area contributed by atoms with E-state index < -0.39 is 5.97 Å². The van der Waals surface area contributed by atoms with E-state index >= 15 is 0 Å². The summed E-state index contributed by atoms with van der Waals surface area (Å²) in [7, 11) is 0. The van der Waals surface area contributed by atoms with E-state index in [0.717, 1.165) is 0 Å². The van der Waals surface area contributed by atoms with Crippen LogP contribution in [-0.4, -0.2) is 11.1 Å². The Hall–Kier alpha value is -1.77. The largest absolute Gasteiger partial charge is 0.508 e. The lowest BCUT2D eigenvalue weighted by atomic mass is 10.2. The number of hydrogen-bond acceptors (Lipinski definition) is 3. The molecule has 0 fully saturated rings. The van der Waals surface area contributed by atoms with Crippen LogP contribution < -0.4 is 0 Å². The zero-order chi connectivity index (χ0) is 9.68. The van der Waals surface area contributed by atoms with Gasteiger partial charge in [0.2, 0.25) is 0 Å². The monoisotopic (exact) mass is 178 g/mol. The van der Waals surface area contributed by atoms with Crippen LogP contribution in [0.1, 0.15) is 17.3 Å². The number of allylic oxidation sites excluding steroid dienone is 1. The number of hydrogen-bond donors (Lipinski definition) is 1. The fraction of sp³-hybridized carbons (Fsp3) is 0.100. The lowest BCUT2D eigenvalue weighted by Crippen LogP contribution is -1.99. The second-order valence-corrected chi connectivity index (χ2v) is 2.42. The van der Waals surface area contributed by atoms with Gasteiger partial charge in [0.25, 0.3) is 0 Å². The lowest BCUT2D eigenvalue weighted by Gasteiger charge is -1.98. The van der Waals surface area contributed by atoms with Crippen LogP contribution in [0.25, 0.3) is 0 Å². The SMILES string of the molecule is CC=COC(=O)c1ccc(O)cc1. The molecule has 3 nitrogen and oxygen atoms in total. The maximum Gasteiger partial charge on any atom is 0.342 e. The highest BCUT2D eigenvalue weighted by molar-refractivity contribution is 5.89. The van der Waals surface area contributed by atoms with Gasteiger partial charge in [-0.1, -0.05) is 6.08 Å². The molecule has 0 aromatic heterocycles. The van der Waals surface area contributed by atoms with E-state index in [9.17, 15) is 4.79 Å². The molecular weight excluding hydrogens is 168 g/mol. The normalized spacial score (nSPS) is 10.2. The number of benzene rings is 1. The van der Waals surface area contributed by atoms with E-state index in [1.54, 1.807) is 13.0 Å². The molecule has 0 unspecified atom stereocenters. The first-order chi connectivity index (χ1) is 6.24. The van der Waals surface area contributed by atoms with Gasteiger partial charge in [0, 0.05) is 0 Å². The standard InChI is InChI=1S/C10H10O3/c1-2-7-13-10(12)8-3-5-9(11)6-4-8/h2-7,11H,1H3. The van der Waals surface area contributed by atoms with Gasteiger partial charge >= 0.3 is 5.97 Å². The van der Waals surface area contributed by atoms with Gasteiger partial charge in [0.1, 0.15) is 5.75 Å². The Bertz CT molecular complexity index is 311. The van der Waals surface area contributed by atoms with Crippen molar-refractivity contribution in [1.29, 1.82) is 0 Å². The summed E-state index contributed by atoms with van der Waals surface area (Å²) < 4.78 is 4.72. The number of carbonyl (C=O) groups excluding carboxylic acids is 1. The summed E-state index contributed by atoms with van der Waals surface area (Å²) in [5.74, 6) is -0.305. The highest BCUT2D eigenvalue weighted by atomic mass is 16.5. The van der Waals surface area contributed by atoms with Gasteiger partial charge in [-0.25, -0.2) is 4.79 Å². The Labute approximate surface area is 76.3 Å². The summed E-state index contributed by atoms with van der Waals surface area (Å²) in [6, 6.07) is 5.88. The van der Waals surface area contributed by atoms with E-state index in [2.05, 4.69) is 0 Å². The third kappa shape index (κ3) is 2.63. The van der Waals surface area contributed by atoms with E-state index in [4.69, 9.17) is 9.84 Å². The Morgan fingerprint density at radius 1 is 1.38 bits per heavy atom. The highest BCUT2D eigenvalue weighted by Gasteiger charge is 2.04. The van der Waals surface area contributed by atoms with Crippen molar-refractivity contribution in [1.82, 2.24) is 0 Å². The van der Waals surface area contributed by atoms with Gasteiger partial charge in [-0.3, -0.25) is 0 Å². The van der Waals surface area contributed by atoms with Gasteiger partial charge in [-0.2, -0.15) is 0 Å². The third-order valence-electron chi connectivity index (χ3n) is 1.41. The van der Waals surface area contributed by atoms with Crippen LogP contribution in [0.5, 0.6) is 5.75 Å². The number of phenols is 1. The first-order valence-corrected chi connectivity index (χ1v) is 3.85. The summed E-state index contributed by atoms with van der Waals surface area (Å²) in [5.41, 5.74) is 0.413. The number of ether oxygens (including phenoxy) is 1. The average molecular weight is 178 g/mol. The molecule has 0 spiro atoms. The number of aromatic hydroxyl groups is 1. The number of phenolic OH excluding ortho intramolecular Hbond substituents is 1. The van der Waals surface area contributed by atoms with Crippen molar-refractivity contribution in [3.05, 3.63) is 42.2 Å². The molecule has 0 aliphatic heterocycles. The molecule has 1 aromatic rings. The molecule has 68 valence electrons. The second-order valence-electron chi connectivity index (χ2n) is 2.42.